The minimum atomic E-state index is -3.52. The van der Waals surface area contributed by atoms with E-state index in [2.05, 4.69) is 5.10 Å². The van der Waals surface area contributed by atoms with Crippen LogP contribution in [0.4, 0.5) is 14.5 Å². The number of halogens is 2. The van der Waals surface area contributed by atoms with Gasteiger partial charge in [0.25, 0.3) is 5.56 Å². The molecule has 0 bridgehead atoms. The SMILES string of the molecule is Cc1ccc(-c2c(N3CCN(S(=O)(=O)Cc4ccccc4)CC3)cnn(-c3cc(F)cc(F)c3)c2=O)c(C)c1. The van der Waals surface area contributed by atoms with Gasteiger partial charge in [-0.1, -0.05) is 54.1 Å². The molecule has 1 fully saturated rings. The van der Waals surface area contributed by atoms with Gasteiger partial charge in [0.1, 0.15) is 11.6 Å². The monoisotopic (exact) mass is 550 g/mol. The third-order valence-electron chi connectivity index (χ3n) is 6.87. The highest BCUT2D eigenvalue weighted by molar-refractivity contribution is 7.88. The standard InChI is InChI=1S/C29H28F2N4O3S/c1-20-8-9-26(21(2)14-20)28-27(18-32-35(29(28)36)25-16-23(30)15-24(31)17-25)33-10-12-34(13-11-33)39(37,38)19-22-6-4-3-5-7-22/h3-9,14-18H,10-13,19H2,1-2H3. The summed E-state index contributed by atoms with van der Waals surface area (Å²) in [5.74, 6) is -1.71. The maximum atomic E-state index is 14.0. The number of sulfonamides is 1. The van der Waals surface area contributed by atoms with Crippen LogP contribution in [0.3, 0.4) is 0 Å². The van der Waals surface area contributed by atoms with Crippen LogP contribution < -0.4 is 10.5 Å². The van der Waals surface area contributed by atoms with E-state index in [1.807, 2.05) is 55.1 Å². The number of anilines is 1. The lowest BCUT2D eigenvalue weighted by Gasteiger charge is -2.36. The molecule has 0 N–H and O–H groups in total. The molecular weight excluding hydrogens is 522 g/mol. The summed E-state index contributed by atoms with van der Waals surface area (Å²) in [6.07, 6.45) is 1.51. The van der Waals surface area contributed by atoms with Crippen molar-refractivity contribution in [1.82, 2.24) is 14.1 Å². The zero-order valence-corrected chi connectivity index (χ0v) is 22.5. The smallest absolute Gasteiger partial charge is 0.281 e. The Morgan fingerprint density at radius 1 is 0.872 bits per heavy atom. The molecule has 10 heteroatoms. The van der Waals surface area contributed by atoms with E-state index >= 15 is 0 Å². The normalized spacial score (nSPS) is 14.5. The van der Waals surface area contributed by atoms with E-state index in [9.17, 15) is 22.0 Å². The van der Waals surface area contributed by atoms with Gasteiger partial charge in [0, 0.05) is 32.2 Å². The molecule has 1 aliphatic rings. The first-order chi connectivity index (χ1) is 18.6. The maximum Gasteiger partial charge on any atom is 0.281 e. The van der Waals surface area contributed by atoms with Crippen molar-refractivity contribution in [1.29, 1.82) is 0 Å². The van der Waals surface area contributed by atoms with Gasteiger partial charge in [-0.3, -0.25) is 4.79 Å². The Morgan fingerprint density at radius 2 is 1.54 bits per heavy atom. The average Bonchev–Trinajstić information content (AvgIpc) is 2.89. The van der Waals surface area contributed by atoms with Crippen molar-refractivity contribution < 1.29 is 17.2 Å². The van der Waals surface area contributed by atoms with Crippen molar-refractivity contribution in [2.45, 2.75) is 19.6 Å². The quantitative estimate of drug-likeness (QED) is 0.355. The van der Waals surface area contributed by atoms with Gasteiger partial charge in [-0.15, -0.1) is 0 Å². The number of piperazine rings is 1. The Morgan fingerprint density at radius 3 is 2.18 bits per heavy atom. The van der Waals surface area contributed by atoms with Gasteiger partial charge in [-0.05, 0) is 42.7 Å². The highest BCUT2D eigenvalue weighted by Gasteiger charge is 2.29. The minimum Gasteiger partial charge on any atom is -0.367 e. The second kappa shape index (κ2) is 10.7. The number of nitrogens with zero attached hydrogens (tertiary/aromatic N) is 4. The van der Waals surface area contributed by atoms with Crippen LogP contribution in [-0.4, -0.2) is 48.7 Å². The lowest BCUT2D eigenvalue weighted by molar-refractivity contribution is 0.384. The highest BCUT2D eigenvalue weighted by Crippen LogP contribution is 2.31. The van der Waals surface area contributed by atoms with Crippen molar-refractivity contribution in [2.75, 3.05) is 31.1 Å². The summed E-state index contributed by atoms with van der Waals surface area (Å²) in [7, 11) is -3.52. The minimum absolute atomic E-state index is 0.0214. The Kier molecular flexibility index (Phi) is 7.33. The molecule has 1 saturated heterocycles. The predicted octanol–water partition coefficient (Wildman–Crippen LogP) is 4.45. The molecule has 1 aromatic heterocycles. The molecule has 39 heavy (non-hydrogen) atoms. The molecule has 0 spiro atoms. The summed E-state index contributed by atoms with van der Waals surface area (Å²) >= 11 is 0. The second-order valence-electron chi connectivity index (χ2n) is 9.70. The first kappa shape index (κ1) is 26.7. The Bertz CT molecular complexity index is 1660. The number of rotatable bonds is 6. The number of benzene rings is 3. The molecule has 0 atom stereocenters. The zero-order chi connectivity index (χ0) is 27.7. The van der Waals surface area contributed by atoms with E-state index in [0.29, 0.717) is 29.9 Å². The van der Waals surface area contributed by atoms with E-state index in [1.54, 1.807) is 12.1 Å². The van der Waals surface area contributed by atoms with Gasteiger partial charge in [0.15, 0.2) is 0 Å². The summed E-state index contributed by atoms with van der Waals surface area (Å²) in [5.41, 5.74) is 3.62. The van der Waals surface area contributed by atoms with E-state index < -0.39 is 27.2 Å². The fourth-order valence-electron chi connectivity index (χ4n) is 4.96. The molecule has 3 aromatic carbocycles. The molecule has 0 aliphatic carbocycles. The van der Waals surface area contributed by atoms with Crippen LogP contribution in [0.2, 0.25) is 0 Å². The van der Waals surface area contributed by atoms with Gasteiger partial charge >= 0.3 is 0 Å². The number of aryl methyl sites for hydroxylation is 2. The van der Waals surface area contributed by atoms with E-state index in [1.165, 1.54) is 10.5 Å². The van der Waals surface area contributed by atoms with Crippen molar-refractivity contribution in [3.63, 3.8) is 0 Å². The van der Waals surface area contributed by atoms with Gasteiger partial charge in [-0.2, -0.15) is 14.1 Å². The van der Waals surface area contributed by atoms with E-state index in [4.69, 9.17) is 0 Å². The van der Waals surface area contributed by atoms with Crippen LogP contribution in [0.5, 0.6) is 0 Å². The molecular formula is C29H28F2N4O3S. The molecule has 0 saturated carbocycles. The van der Waals surface area contributed by atoms with Gasteiger partial charge < -0.3 is 4.90 Å². The third kappa shape index (κ3) is 5.62. The van der Waals surface area contributed by atoms with Crippen LogP contribution in [0.15, 0.2) is 77.7 Å². The van der Waals surface area contributed by atoms with Crippen molar-refractivity contribution in [3.05, 3.63) is 112 Å². The Hall–Kier alpha value is -3.89. The summed E-state index contributed by atoms with van der Waals surface area (Å²) in [6, 6.07) is 17.6. The predicted molar refractivity (Wildman–Crippen MR) is 148 cm³/mol. The molecule has 0 amide bonds. The van der Waals surface area contributed by atoms with Crippen molar-refractivity contribution in [2.24, 2.45) is 0 Å². The fraction of sp³-hybridized carbons (Fsp3) is 0.241. The van der Waals surface area contributed by atoms with E-state index in [-0.39, 0.29) is 24.5 Å². The first-order valence-corrected chi connectivity index (χ1v) is 14.2. The first-order valence-electron chi connectivity index (χ1n) is 12.6. The van der Waals surface area contributed by atoms with Crippen molar-refractivity contribution in [3.8, 4) is 16.8 Å². The molecule has 7 nitrogen and oxygen atoms in total. The molecule has 0 unspecified atom stereocenters. The van der Waals surface area contributed by atoms with E-state index in [0.717, 1.165) is 39.6 Å². The van der Waals surface area contributed by atoms with Crippen molar-refractivity contribution >= 4 is 15.7 Å². The van der Waals surface area contributed by atoms with Crippen LogP contribution in [0, 0.1) is 25.5 Å². The van der Waals surface area contributed by atoms with Crippen LogP contribution in [0.1, 0.15) is 16.7 Å². The van der Waals surface area contributed by atoms with Gasteiger partial charge in [0.2, 0.25) is 10.0 Å². The lowest BCUT2D eigenvalue weighted by atomic mass is 9.98. The number of hydrogen-bond donors (Lipinski definition) is 0. The lowest BCUT2D eigenvalue weighted by Crippen LogP contribution is -2.49. The maximum absolute atomic E-state index is 14.0. The van der Waals surface area contributed by atoms with Gasteiger partial charge in [-0.25, -0.2) is 17.2 Å². The largest absolute Gasteiger partial charge is 0.367 e. The molecule has 0 radical (unpaired) electrons. The second-order valence-corrected chi connectivity index (χ2v) is 11.7. The molecule has 2 heterocycles. The number of aromatic nitrogens is 2. The summed E-state index contributed by atoms with van der Waals surface area (Å²) in [6.45, 7) is 5.05. The topological polar surface area (TPSA) is 75.5 Å². The molecule has 5 rings (SSSR count). The molecule has 4 aromatic rings. The summed E-state index contributed by atoms with van der Waals surface area (Å²) in [4.78, 5) is 15.8. The highest BCUT2D eigenvalue weighted by atomic mass is 32.2. The van der Waals surface area contributed by atoms with Crippen LogP contribution in [-0.2, 0) is 15.8 Å². The summed E-state index contributed by atoms with van der Waals surface area (Å²) in [5, 5.41) is 4.26. The Labute approximate surface area is 226 Å². The average molecular weight is 551 g/mol. The molecule has 1 aliphatic heterocycles. The Balaban J connectivity index is 1.50. The van der Waals surface area contributed by atoms with Gasteiger partial charge in [0.05, 0.1) is 28.9 Å². The fourth-order valence-corrected chi connectivity index (χ4v) is 6.48. The summed E-state index contributed by atoms with van der Waals surface area (Å²) < 4.78 is 56.5. The zero-order valence-electron chi connectivity index (χ0n) is 21.6. The third-order valence-corrected chi connectivity index (χ3v) is 8.72. The number of hydrogen-bond acceptors (Lipinski definition) is 5. The molecule has 202 valence electrons. The van der Waals surface area contributed by atoms with Crippen LogP contribution >= 0.6 is 0 Å². The van der Waals surface area contributed by atoms with Crippen LogP contribution in [0.25, 0.3) is 16.8 Å².